The quantitative estimate of drug-likeness (QED) is 0.811. The molecule has 0 N–H and O–H groups in total. The molecule has 2 amide bonds. The van der Waals surface area contributed by atoms with Crippen molar-refractivity contribution in [2.45, 2.75) is 32.2 Å². The van der Waals surface area contributed by atoms with Crippen molar-refractivity contribution in [3.63, 3.8) is 0 Å². The fourth-order valence-corrected chi connectivity index (χ4v) is 4.23. The summed E-state index contributed by atoms with van der Waals surface area (Å²) in [7, 11) is 1.51. The summed E-state index contributed by atoms with van der Waals surface area (Å²) in [5, 5.41) is 0. The topological polar surface area (TPSA) is 75.9 Å². The zero-order chi connectivity index (χ0) is 19.6. The molecule has 0 bridgehead atoms. The molecule has 0 aromatic carbocycles. The molecular formula is C21H25N3O4. The van der Waals surface area contributed by atoms with Crippen LogP contribution in [0.15, 0.2) is 40.9 Å². The van der Waals surface area contributed by atoms with Gasteiger partial charge in [-0.05, 0) is 42.9 Å². The van der Waals surface area contributed by atoms with Gasteiger partial charge in [0.1, 0.15) is 0 Å². The molecule has 0 unspecified atom stereocenters. The van der Waals surface area contributed by atoms with Crippen LogP contribution in [0.4, 0.5) is 0 Å². The molecule has 4 rings (SSSR count). The Kier molecular flexibility index (Phi) is 5.07. The number of nitrogens with zero attached hydrogens (tertiary/aromatic N) is 3. The molecule has 2 aliphatic heterocycles. The molecule has 0 atom stereocenters. The van der Waals surface area contributed by atoms with Gasteiger partial charge < -0.3 is 19.0 Å². The predicted molar refractivity (Wildman–Crippen MR) is 102 cm³/mol. The minimum absolute atomic E-state index is 0.0837. The number of amides is 2. The van der Waals surface area contributed by atoms with Crippen molar-refractivity contribution >= 4 is 11.8 Å². The number of likely N-dealkylation sites (tertiary alicyclic amines) is 2. The third-order valence-corrected chi connectivity index (χ3v) is 5.93. The highest BCUT2D eigenvalue weighted by atomic mass is 16.6. The smallest absolute Gasteiger partial charge is 0.289 e. The van der Waals surface area contributed by atoms with E-state index in [2.05, 4.69) is 4.98 Å². The zero-order valence-electron chi connectivity index (χ0n) is 16.1. The van der Waals surface area contributed by atoms with Crippen molar-refractivity contribution in [2.24, 2.45) is 5.41 Å². The summed E-state index contributed by atoms with van der Waals surface area (Å²) in [6.07, 6.45) is 5.00. The molecule has 4 heterocycles. The van der Waals surface area contributed by atoms with E-state index in [1.807, 2.05) is 28.0 Å². The van der Waals surface area contributed by atoms with Crippen LogP contribution in [0.2, 0.25) is 0 Å². The highest BCUT2D eigenvalue weighted by molar-refractivity contribution is 5.91. The van der Waals surface area contributed by atoms with E-state index in [0.717, 1.165) is 31.5 Å². The number of hydrogen-bond acceptors (Lipinski definition) is 5. The number of rotatable bonds is 4. The molecule has 0 saturated carbocycles. The van der Waals surface area contributed by atoms with Gasteiger partial charge in [-0.25, -0.2) is 0 Å². The molecule has 2 saturated heterocycles. The molecule has 0 aliphatic carbocycles. The average molecular weight is 383 g/mol. The van der Waals surface area contributed by atoms with Gasteiger partial charge in [0.05, 0.1) is 19.3 Å². The minimum Gasteiger partial charge on any atom is -0.468 e. The lowest BCUT2D eigenvalue weighted by molar-refractivity contribution is -0.139. The number of furan rings is 1. The van der Waals surface area contributed by atoms with Crippen molar-refractivity contribution in [1.29, 1.82) is 0 Å². The maximum Gasteiger partial charge on any atom is 0.289 e. The third kappa shape index (κ3) is 3.74. The number of aromatic nitrogens is 1. The molecule has 7 nitrogen and oxygen atoms in total. The Labute approximate surface area is 164 Å². The highest BCUT2D eigenvalue weighted by Gasteiger charge is 2.42. The van der Waals surface area contributed by atoms with E-state index in [4.69, 9.17) is 9.15 Å². The van der Waals surface area contributed by atoms with Gasteiger partial charge in [-0.3, -0.25) is 14.6 Å². The summed E-state index contributed by atoms with van der Waals surface area (Å²) < 4.78 is 10.4. The van der Waals surface area contributed by atoms with Crippen molar-refractivity contribution < 1.29 is 18.7 Å². The molecule has 2 fully saturated rings. The number of carbonyl (C=O) groups is 2. The lowest BCUT2D eigenvalue weighted by Gasteiger charge is -2.47. The SMILES string of the molecule is COc1ccc(C(=O)N2CCC3(CCC(=O)N(Cc4ccccn4)C3)CC2)o1. The van der Waals surface area contributed by atoms with Crippen molar-refractivity contribution in [3.05, 3.63) is 48.0 Å². The summed E-state index contributed by atoms with van der Waals surface area (Å²) in [6.45, 7) is 2.64. The largest absolute Gasteiger partial charge is 0.468 e. The molecule has 7 heteroatoms. The van der Waals surface area contributed by atoms with E-state index in [1.165, 1.54) is 7.11 Å². The summed E-state index contributed by atoms with van der Waals surface area (Å²) in [4.78, 5) is 33.2. The van der Waals surface area contributed by atoms with Crippen LogP contribution in [0.5, 0.6) is 5.95 Å². The molecular weight excluding hydrogens is 358 g/mol. The molecule has 148 valence electrons. The second kappa shape index (κ2) is 7.66. The summed E-state index contributed by atoms with van der Waals surface area (Å²) >= 11 is 0. The van der Waals surface area contributed by atoms with E-state index in [1.54, 1.807) is 18.3 Å². The van der Waals surface area contributed by atoms with E-state index in [-0.39, 0.29) is 17.2 Å². The van der Waals surface area contributed by atoms with Gasteiger partial charge in [-0.2, -0.15) is 0 Å². The van der Waals surface area contributed by atoms with Crippen LogP contribution in [0.25, 0.3) is 0 Å². The van der Waals surface area contributed by atoms with Crippen molar-refractivity contribution in [1.82, 2.24) is 14.8 Å². The normalized spacial score (nSPS) is 19.1. The first kappa shape index (κ1) is 18.5. The Balaban J connectivity index is 1.38. The van der Waals surface area contributed by atoms with Gasteiger partial charge in [0.15, 0.2) is 5.76 Å². The third-order valence-electron chi connectivity index (χ3n) is 5.93. The van der Waals surface area contributed by atoms with Crippen LogP contribution in [-0.2, 0) is 11.3 Å². The van der Waals surface area contributed by atoms with E-state index in [0.29, 0.717) is 37.8 Å². The van der Waals surface area contributed by atoms with Crippen LogP contribution in [0.1, 0.15) is 41.9 Å². The number of hydrogen-bond donors (Lipinski definition) is 0. The first-order valence-corrected chi connectivity index (χ1v) is 9.69. The second-order valence-corrected chi connectivity index (χ2v) is 7.69. The van der Waals surface area contributed by atoms with Gasteiger partial charge in [0.2, 0.25) is 5.91 Å². The van der Waals surface area contributed by atoms with Crippen molar-refractivity contribution in [2.75, 3.05) is 26.7 Å². The molecule has 2 aromatic rings. The standard InChI is InChI=1S/C21H25N3O4/c1-27-19-6-5-17(28-19)20(26)23-12-9-21(10-13-23)8-7-18(25)24(15-21)14-16-4-2-3-11-22-16/h2-6,11H,7-10,12-15H2,1H3. The fraction of sp³-hybridized carbons (Fsp3) is 0.476. The van der Waals surface area contributed by atoms with Crippen LogP contribution in [0.3, 0.4) is 0 Å². The lowest BCUT2D eigenvalue weighted by atomic mass is 9.72. The van der Waals surface area contributed by atoms with Gasteiger partial charge in [0, 0.05) is 38.3 Å². The summed E-state index contributed by atoms with van der Waals surface area (Å²) in [6, 6.07) is 9.08. The Hall–Kier alpha value is -2.83. The van der Waals surface area contributed by atoms with Gasteiger partial charge in [-0.1, -0.05) is 6.07 Å². The summed E-state index contributed by atoms with van der Waals surface area (Å²) in [5.74, 6) is 0.740. The van der Waals surface area contributed by atoms with Gasteiger partial charge in [0.25, 0.3) is 11.9 Å². The first-order chi connectivity index (χ1) is 13.6. The van der Waals surface area contributed by atoms with Crippen LogP contribution in [-0.4, -0.2) is 53.3 Å². The molecule has 2 aromatic heterocycles. The Morgan fingerprint density at radius 1 is 1.21 bits per heavy atom. The van der Waals surface area contributed by atoms with Crippen LogP contribution >= 0.6 is 0 Å². The monoisotopic (exact) mass is 383 g/mol. The number of carbonyl (C=O) groups excluding carboxylic acids is 2. The fourth-order valence-electron chi connectivity index (χ4n) is 4.23. The van der Waals surface area contributed by atoms with Crippen LogP contribution < -0.4 is 4.74 Å². The number of methoxy groups -OCH3 is 1. The highest BCUT2D eigenvalue weighted by Crippen LogP contribution is 2.41. The zero-order valence-corrected chi connectivity index (χ0v) is 16.1. The molecule has 2 aliphatic rings. The first-order valence-electron chi connectivity index (χ1n) is 9.69. The maximum absolute atomic E-state index is 12.7. The Morgan fingerprint density at radius 2 is 2.04 bits per heavy atom. The van der Waals surface area contributed by atoms with Crippen molar-refractivity contribution in [3.8, 4) is 5.95 Å². The molecule has 28 heavy (non-hydrogen) atoms. The van der Waals surface area contributed by atoms with E-state index in [9.17, 15) is 9.59 Å². The molecule has 0 radical (unpaired) electrons. The maximum atomic E-state index is 12.7. The van der Waals surface area contributed by atoms with E-state index < -0.39 is 0 Å². The Morgan fingerprint density at radius 3 is 2.71 bits per heavy atom. The summed E-state index contributed by atoms with van der Waals surface area (Å²) in [5.41, 5.74) is 0.993. The second-order valence-electron chi connectivity index (χ2n) is 7.69. The lowest BCUT2D eigenvalue weighted by Crippen LogP contribution is -2.52. The van der Waals surface area contributed by atoms with Gasteiger partial charge in [-0.15, -0.1) is 0 Å². The molecule has 1 spiro atoms. The number of piperidine rings is 2. The number of ether oxygens (including phenoxy) is 1. The van der Waals surface area contributed by atoms with E-state index >= 15 is 0 Å². The van der Waals surface area contributed by atoms with Crippen LogP contribution in [0, 0.1) is 5.41 Å². The average Bonchev–Trinajstić information content (AvgIpc) is 3.21. The van der Waals surface area contributed by atoms with Gasteiger partial charge >= 0.3 is 0 Å². The minimum atomic E-state index is -0.102. The Bertz CT molecular complexity index is 840. The predicted octanol–water partition coefficient (Wildman–Crippen LogP) is 2.73. The number of pyridine rings is 1.